The predicted octanol–water partition coefficient (Wildman–Crippen LogP) is 6.87. The first kappa shape index (κ1) is 23.2. The third-order valence-corrected chi connectivity index (χ3v) is 6.90. The van der Waals surface area contributed by atoms with E-state index in [1.165, 1.54) is 36.1 Å². The molecule has 2 nitrogen and oxygen atoms in total. The Kier molecular flexibility index (Phi) is 7.67. The van der Waals surface area contributed by atoms with Gasteiger partial charge in [0.2, 0.25) is 0 Å². The second-order valence-electron chi connectivity index (χ2n) is 8.74. The Balaban J connectivity index is 0.00000272. The molecule has 0 bridgehead atoms. The van der Waals surface area contributed by atoms with E-state index >= 15 is 0 Å². The zero-order chi connectivity index (χ0) is 21.1. The van der Waals surface area contributed by atoms with Gasteiger partial charge in [0.25, 0.3) is 0 Å². The Bertz CT molecular complexity index is 981. The van der Waals surface area contributed by atoms with Crippen molar-refractivity contribution in [1.82, 2.24) is 4.90 Å². The van der Waals surface area contributed by atoms with E-state index in [1.54, 1.807) is 16.7 Å². The highest BCUT2D eigenvalue weighted by Gasteiger charge is 2.28. The molecule has 0 saturated carbocycles. The van der Waals surface area contributed by atoms with E-state index in [-0.39, 0.29) is 7.43 Å². The second kappa shape index (κ2) is 10.2. The van der Waals surface area contributed by atoms with Crippen molar-refractivity contribution in [2.75, 3.05) is 13.1 Å². The lowest BCUT2D eigenvalue weighted by Gasteiger charge is -2.38. The Morgan fingerprint density at radius 2 is 1.97 bits per heavy atom. The standard InChI is InChI=1S/C28H34N2.CH4/c1-5-22-10-7-8-13-26(22)21(4)29-28-16-17-30(19-20(28)3)25-15-14-24-12-9-11-23(6-2)27(24)18-25;/h5,7-13,25H,1,6,14-19H2,2-4H3;1H4. The maximum absolute atomic E-state index is 5.06. The fourth-order valence-electron chi connectivity index (χ4n) is 5.15. The Morgan fingerprint density at radius 3 is 2.71 bits per heavy atom. The number of benzene rings is 2. The second-order valence-corrected chi connectivity index (χ2v) is 8.74. The van der Waals surface area contributed by atoms with Gasteiger partial charge in [0.15, 0.2) is 0 Å². The molecule has 2 aromatic rings. The largest absolute Gasteiger partial charge is 0.296 e. The molecular weight excluding hydrogens is 376 g/mol. The molecule has 0 N–H and O–H groups in total. The first-order chi connectivity index (χ1) is 14.6. The zero-order valence-corrected chi connectivity index (χ0v) is 18.7. The lowest BCUT2D eigenvalue weighted by molar-refractivity contribution is 0.187. The first-order valence-corrected chi connectivity index (χ1v) is 11.4. The maximum atomic E-state index is 5.06. The molecule has 0 radical (unpaired) electrons. The smallest absolute Gasteiger partial charge is 0.0454 e. The summed E-state index contributed by atoms with van der Waals surface area (Å²) in [5.41, 5.74) is 10.9. The molecule has 31 heavy (non-hydrogen) atoms. The third-order valence-electron chi connectivity index (χ3n) is 6.90. The van der Waals surface area contributed by atoms with Gasteiger partial charge in [-0.25, -0.2) is 0 Å². The molecule has 0 aromatic heterocycles. The van der Waals surface area contributed by atoms with Gasteiger partial charge in [0.05, 0.1) is 0 Å². The highest BCUT2D eigenvalue weighted by Crippen LogP contribution is 2.30. The van der Waals surface area contributed by atoms with Crippen LogP contribution in [0.4, 0.5) is 0 Å². The van der Waals surface area contributed by atoms with Crippen LogP contribution in [0.2, 0.25) is 0 Å². The molecule has 1 unspecified atom stereocenters. The monoisotopic (exact) mass is 414 g/mol. The van der Waals surface area contributed by atoms with E-state index < -0.39 is 0 Å². The number of aliphatic imine (C=N–C) groups is 1. The van der Waals surface area contributed by atoms with Crippen LogP contribution in [0.1, 0.15) is 68.9 Å². The van der Waals surface area contributed by atoms with Crippen molar-refractivity contribution >= 4 is 11.8 Å². The molecule has 1 atom stereocenters. The van der Waals surface area contributed by atoms with Crippen LogP contribution in [0.15, 0.2) is 65.3 Å². The number of nitrogens with zero attached hydrogens (tertiary/aromatic N) is 2. The van der Waals surface area contributed by atoms with Crippen molar-refractivity contribution in [2.45, 2.75) is 66.3 Å². The van der Waals surface area contributed by atoms with E-state index in [9.17, 15) is 0 Å². The van der Waals surface area contributed by atoms with Gasteiger partial charge in [0.1, 0.15) is 0 Å². The zero-order valence-electron chi connectivity index (χ0n) is 18.7. The number of aryl methyl sites for hydroxylation is 2. The van der Waals surface area contributed by atoms with Crippen LogP contribution in [0.3, 0.4) is 0 Å². The molecule has 0 fully saturated rings. The lowest BCUT2D eigenvalue weighted by atomic mass is 9.83. The minimum absolute atomic E-state index is 0. The normalized spacial score (nSPS) is 19.6. The molecule has 1 heterocycles. The predicted molar refractivity (Wildman–Crippen MR) is 136 cm³/mol. The summed E-state index contributed by atoms with van der Waals surface area (Å²) < 4.78 is 0. The van der Waals surface area contributed by atoms with E-state index in [1.807, 2.05) is 6.08 Å². The van der Waals surface area contributed by atoms with Gasteiger partial charge in [-0.1, -0.05) is 69.5 Å². The van der Waals surface area contributed by atoms with Gasteiger partial charge >= 0.3 is 0 Å². The number of hydrogen-bond donors (Lipinski definition) is 0. The maximum Gasteiger partial charge on any atom is 0.0454 e. The van der Waals surface area contributed by atoms with Gasteiger partial charge in [-0.3, -0.25) is 9.89 Å². The Morgan fingerprint density at radius 1 is 1.16 bits per heavy atom. The number of hydrogen-bond acceptors (Lipinski definition) is 2. The number of fused-ring (bicyclic) bond motifs is 1. The summed E-state index contributed by atoms with van der Waals surface area (Å²) >= 11 is 0. The summed E-state index contributed by atoms with van der Waals surface area (Å²) in [7, 11) is 0. The summed E-state index contributed by atoms with van der Waals surface area (Å²) in [6.45, 7) is 12.8. The Hall–Kier alpha value is -2.45. The molecule has 164 valence electrons. The number of rotatable bonds is 5. The molecular formula is C29H38N2. The summed E-state index contributed by atoms with van der Waals surface area (Å²) in [6.07, 6.45) is 7.80. The molecule has 4 rings (SSSR count). The highest BCUT2D eigenvalue weighted by molar-refractivity contribution is 6.02. The van der Waals surface area contributed by atoms with Crippen molar-refractivity contribution in [3.63, 3.8) is 0 Å². The van der Waals surface area contributed by atoms with Crippen LogP contribution in [-0.2, 0) is 19.3 Å². The summed E-state index contributed by atoms with van der Waals surface area (Å²) in [5, 5.41) is 0. The quantitative estimate of drug-likeness (QED) is 0.487. The summed E-state index contributed by atoms with van der Waals surface area (Å²) in [5.74, 6) is 0. The molecule has 0 amide bonds. The van der Waals surface area contributed by atoms with Crippen molar-refractivity contribution in [2.24, 2.45) is 4.99 Å². The van der Waals surface area contributed by atoms with Crippen molar-refractivity contribution in [3.8, 4) is 0 Å². The van der Waals surface area contributed by atoms with E-state index in [4.69, 9.17) is 4.99 Å². The first-order valence-electron chi connectivity index (χ1n) is 11.4. The fraction of sp³-hybridized carbons (Fsp3) is 0.414. The molecule has 1 aliphatic heterocycles. The van der Waals surface area contributed by atoms with Gasteiger partial charge < -0.3 is 0 Å². The van der Waals surface area contributed by atoms with E-state index in [2.05, 4.69) is 74.7 Å². The van der Waals surface area contributed by atoms with Gasteiger partial charge in [-0.15, -0.1) is 0 Å². The summed E-state index contributed by atoms with van der Waals surface area (Å²) in [4.78, 5) is 7.77. The average molecular weight is 415 g/mol. The van der Waals surface area contributed by atoms with Gasteiger partial charge in [0, 0.05) is 42.5 Å². The molecule has 0 spiro atoms. The lowest BCUT2D eigenvalue weighted by Crippen LogP contribution is -2.43. The molecule has 0 saturated heterocycles. The molecule has 2 heteroatoms. The molecule has 2 aromatic carbocycles. The van der Waals surface area contributed by atoms with Crippen LogP contribution in [0, 0.1) is 0 Å². The van der Waals surface area contributed by atoms with Crippen LogP contribution in [-0.4, -0.2) is 29.7 Å². The highest BCUT2D eigenvalue weighted by atomic mass is 15.2. The van der Waals surface area contributed by atoms with E-state index in [0.717, 1.165) is 37.2 Å². The van der Waals surface area contributed by atoms with Gasteiger partial charge in [-0.2, -0.15) is 0 Å². The average Bonchev–Trinajstić information content (AvgIpc) is 2.79. The SMILES string of the molecule is C.C=Cc1ccccc1C(C)=NC1=C(C)CN(C2CCc3cccc(CC)c3C2)CC1. The minimum Gasteiger partial charge on any atom is -0.296 e. The fourth-order valence-corrected chi connectivity index (χ4v) is 5.15. The van der Waals surface area contributed by atoms with Crippen molar-refractivity contribution < 1.29 is 0 Å². The molecule has 1 aliphatic carbocycles. The van der Waals surface area contributed by atoms with Crippen LogP contribution < -0.4 is 0 Å². The summed E-state index contributed by atoms with van der Waals surface area (Å²) in [6, 6.07) is 15.9. The van der Waals surface area contributed by atoms with Crippen LogP contribution in [0.25, 0.3) is 6.08 Å². The van der Waals surface area contributed by atoms with Crippen molar-refractivity contribution in [3.05, 3.63) is 88.1 Å². The molecule has 2 aliphatic rings. The van der Waals surface area contributed by atoms with Crippen molar-refractivity contribution in [1.29, 1.82) is 0 Å². The van der Waals surface area contributed by atoms with Crippen LogP contribution in [0.5, 0.6) is 0 Å². The van der Waals surface area contributed by atoms with Gasteiger partial charge in [-0.05, 0) is 67.4 Å². The minimum atomic E-state index is 0. The topological polar surface area (TPSA) is 15.6 Å². The Labute approximate surface area is 189 Å². The van der Waals surface area contributed by atoms with E-state index in [0.29, 0.717) is 6.04 Å². The third kappa shape index (κ3) is 4.91. The van der Waals surface area contributed by atoms with Crippen LogP contribution >= 0.6 is 0 Å².